The zero-order chi connectivity index (χ0) is 16.7. The highest BCUT2D eigenvalue weighted by Crippen LogP contribution is 2.14. The maximum Gasteiger partial charge on any atom is 0.318 e. The molecule has 0 unspecified atom stereocenters. The van der Waals surface area contributed by atoms with Crippen LogP contribution < -0.4 is 16.4 Å². The molecule has 0 aliphatic heterocycles. The van der Waals surface area contributed by atoms with Crippen LogP contribution in [0.5, 0.6) is 0 Å². The molecule has 0 fully saturated rings. The number of hydrogen-bond acceptors (Lipinski definition) is 3. The molecule has 0 spiro atoms. The van der Waals surface area contributed by atoms with Crippen molar-refractivity contribution in [3.05, 3.63) is 70.7 Å². The second-order valence-corrected chi connectivity index (χ2v) is 5.46. The molecule has 0 heterocycles. The highest BCUT2D eigenvalue weighted by molar-refractivity contribution is 6.30. The summed E-state index contributed by atoms with van der Waals surface area (Å²) in [5.74, 6) is -0.472. The lowest BCUT2D eigenvalue weighted by atomic mass is 10.1. The van der Waals surface area contributed by atoms with Gasteiger partial charge >= 0.3 is 6.03 Å². The zero-order valence-corrected chi connectivity index (χ0v) is 13.2. The van der Waals surface area contributed by atoms with E-state index in [9.17, 15) is 9.59 Å². The lowest BCUT2D eigenvalue weighted by molar-refractivity contribution is -0.122. The summed E-state index contributed by atoms with van der Waals surface area (Å²) in [6.07, 6.45) is 0.727. The van der Waals surface area contributed by atoms with Crippen LogP contribution in [0.1, 0.15) is 17.2 Å². The van der Waals surface area contributed by atoms with Gasteiger partial charge in [-0.05, 0) is 29.7 Å². The van der Waals surface area contributed by atoms with Gasteiger partial charge < -0.3 is 11.1 Å². The van der Waals surface area contributed by atoms with Gasteiger partial charge in [0.2, 0.25) is 5.91 Å². The normalized spacial score (nSPS) is 11.7. The zero-order valence-electron chi connectivity index (χ0n) is 12.5. The van der Waals surface area contributed by atoms with Gasteiger partial charge in [-0.1, -0.05) is 54.1 Å². The number of rotatable bonds is 6. The first-order valence-electron chi connectivity index (χ1n) is 7.19. The minimum absolute atomic E-state index is 0.472. The third kappa shape index (κ3) is 5.39. The summed E-state index contributed by atoms with van der Waals surface area (Å²) in [7, 11) is 0. The van der Waals surface area contributed by atoms with E-state index < -0.39 is 18.0 Å². The van der Waals surface area contributed by atoms with Gasteiger partial charge in [-0.15, -0.1) is 0 Å². The molecular weight excluding hydrogens is 314 g/mol. The molecule has 0 aromatic heterocycles. The van der Waals surface area contributed by atoms with E-state index in [1.54, 1.807) is 0 Å². The Kier molecular flexibility index (Phi) is 6.14. The van der Waals surface area contributed by atoms with E-state index in [0.29, 0.717) is 11.6 Å². The Balaban J connectivity index is 2.01. The van der Waals surface area contributed by atoms with Gasteiger partial charge in [0.1, 0.15) is 6.04 Å². The van der Waals surface area contributed by atoms with Crippen molar-refractivity contribution in [1.82, 2.24) is 10.6 Å². The van der Waals surface area contributed by atoms with Crippen molar-refractivity contribution in [2.24, 2.45) is 5.73 Å². The molecule has 4 N–H and O–H groups in total. The highest BCUT2D eigenvalue weighted by Gasteiger charge is 2.20. The minimum atomic E-state index is -0.865. The second-order valence-electron chi connectivity index (χ2n) is 5.03. The van der Waals surface area contributed by atoms with Crippen molar-refractivity contribution in [3.63, 3.8) is 0 Å². The molecule has 2 rings (SSSR count). The average Bonchev–Trinajstić information content (AvgIpc) is 2.53. The minimum Gasteiger partial charge on any atom is -0.351 e. The van der Waals surface area contributed by atoms with Gasteiger partial charge in [0, 0.05) is 11.6 Å². The van der Waals surface area contributed by atoms with Gasteiger partial charge in [-0.2, -0.15) is 0 Å². The van der Waals surface area contributed by atoms with Crippen LogP contribution in [0.3, 0.4) is 0 Å². The highest BCUT2D eigenvalue weighted by atomic mass is 35.5. The van der Waals surface area contributed by atoms with Crippen LogP contribution in [0.2, 0.25) is 5.02 Å². The quantitative estimate of drug-likeness (QED) is 0.760. The summed E-state index contributed by atoms with van der Waals surface area (Å²) in [4.78, 5) is 23.1. The Bertz CT molecular complexity index is 659. The first-order valence-corrected chi connectivity index (χ1v) is 7.57. The molecule has 0 radical (unpaired) electrons. The fourth-order valence-electron chi connectivity index (χ4n) is 2.21. The molecule has 2 aromatic rings. The van der Waals surface area contributed by atoms with Crippen LogP contribution in [0, 0.1) is 0 Å². The molecular formula is C17H18ClN3O2. The molecule has 2 aromatic carbocycles. The molecule has 0 aliphatic rings. The number of amides is 3. The molecule has 0 saturated heterocycles. The molecule has 5 nitrogen and oxygen atoms in total. The van der Waals surface area contributed by atoms with Crippen molar-refractivity contribution in [2.75, 3.05) is 6.54 Å². The number of benzene rings is 2. The molecule has 120 valence electrons. The number of primary amides is 1. The van der Waals surface area contributed by atoms with E-state index in [0.717, 1.165) is 17.5 Å². The van der Waals surface area contributed by atoms with E-state index in [1.807, 2.05) is 54.6 Å². The molecule has 6 heteroatoms. The average molecular weight is 332 g/mol. The van der Waals surface area contributed by atoms with Crippen LogP contribution in [0.4, 0.5) is 4.79 Å². The van der Waals surface area contributed by atoms with Crippen LogP contribution in [0.25, 0.3) is 0 Å². The monoisotopic (exact) mass is 331 g/mol. The Labute approximate surface area is 139 Å². The van der Waals surface area contributed by atoms with Crippen molar-refractivity contribution in [2.45, 2.75) is 12.5 Å². The van der Waals surface area contributed by atoms with E-state index in [1.165, 1.54) is 0 Å². The summed E-state index contributed by atoms with van der Waals surface area (Å²) < 4.78 is 0. The topological polar surface area (TPSA) is 84.2 Å². The summed E-state index contributed by atoms with van der Waals surface area (Å²) in [6, 6.07) is 15.2. The largest absolute Gasteiger partial charge is 0.351 e. The number of halogens is 1. The fraction of sp³-hybridized carbons (Fsp3) is 0.176. The number of urea groups is 1. The van der Waals surface area contributed by atoms with Crippen molar-refractivity contribution >= 4 is 23.5 Å². The van der Waals surface area contributed by atoms with E-state index in [-0.39, 0.29) is 0 Å². The number of hydrogen-bond donors (Lipinski definition) is 3. The Hall–Kier alpha value is -2.37. The SMILES string of the molecule is NC(=O)NC(=O)[C@@H](NCCc1ccc(Cl)cc1)c1ccccc1. The summed E-state index contributed by atoms with van der Waals surface area (Å²) in [5.41, 5.74) is 6.90. The maximum atomic E-state index is 12.1. The van der Waals surface area contributed by atoms with Crippen LogP contribution in [-0.4, -0.2) is 18.5 Å². The lowest BCUT2D eigenvalue weighted by Crippen LogP contribution is -2.43. The smallest absolute Gasteiger partial charge is 0.318 e. The third-order valence-corrected chi connectivity index (χ3v) is 3.57. The first-order chi connectivity index (χ1) is 11.1. The lowest BCUT2D eigenvalue weighted by Gasteiger charge is -2.18. The summed E-state index contributed by atoms with van der Waals surface area (Å²) in [6.45, 7) is 0.563. The Morgan fingerprint density at radius 1 is 1.04 bits per heavy atom. The second kappa shape index (κ2) is 8.31. The number of imide groups is 1. The van der Waals surface area contributed by atoms with E-state index in [4.69, 9.17) is 17.3 Å². The van der Waals surface area contributed by atoms with Crippen molar-refractivity contribution in [1.29, 1.82) is 0 Å². The molecule has 3 amide bonds. The summed E-state index contributed by atoms with van der Waals surface area (Å²) >= 11 is 5.85. The first kappa shape index (κ1) is 17.0. The molecule has 1 atom stereocenters. The van der Waals surface area contributed by atoms with E-state index in [2.05, 4.69) is 10.6 Å². The number of carbonyl (C=O) groups excluding carboxylic acids is 2. The number of nitrogens with two attached hydrogens (primary N) is 1. The number of carbonyl (C=O) groups is 2. The Morgan fingerprint density at radius 2 is 1.70 bits per heavy atom. The Morgan fingerprint density at radius 3 is 2.30 bits per heavy atom. The van der Waals surface area contributed by atoms with Gasteiger partial charge in [0.05, 0.1) is 0 Å². The van der Waals surface area contributed by atoms with Crippen LogP contribution in [-0.2, 0) is 11.2 Å². The van der Waals surface area contributed by atoms with Crippen LogP contribution in [0.15, 0.2) is 54.6 Å². The number of nitrogens with one attached hydrogen (secondary N) is 2. The van der Waals surface area contributed by atoms with Crippen molar-refractivity contribution in [3.8, 4) is 0 Å². The van der Waals surface area contributed by atoms with Crippen molar-refractivity contribution < 1.29 is 9.59 Å². The molecule has 0 saturated carbocycles. The van der Waals surface area contributed by atoms with Crippen LogP contribution >= 0.6 is 11.6 Å². The molecule has 0 aliphatic carbocycles. The summed E-state index contributed by atoms with van der Waals surface area (Å²) in [5, 5.41) is 5.95. The van der Waals surface area contributed by atoms with E-state index >= 15 is 0 Å². The van der Waals surface area contributed by atoms with Gasteiger partial charge in [0.25, 0.3) is 0 Å². The van der Waals surface area contributed by atoms with Gasteiger partial charge in [-0.3, -0.25) is 10.1 Å². The molecule has 0 bridgehead atoms. The standard InChI is InChI=1S/C17H18ClN3O2/c18-14-8-6-12(7-9-14)10-11-20-15(16(22)21-17(19)23)13-4-2-1-3-5-13/h1-9,15,20H,10-11H2,(H3,19,21,22,23)/t15-/m0/s1. The third-order valence-electron chi connectivity index (χ3n) is 3.32. The predicted molar refractivity (Wildman–Crippen MR) is 90.1 cm³/mol. The van der Waals surface area contributed by atoms with Gasteiger partial charge in [-0.25, -0.2) is 4.79 Å². The maximum absolute atomic E-state index is 12.1. The predicted octanol–water partition coefficient (Wildman–Crippen LogP) is 2.41. The molecule has 23 heavy (non-hydrogen) atoms. The van der Waals surface area contributed by atoms with Gasteiger partial charge in [0.15, 0.2) is 0 Å². The fourth-order valence-corrected chi connectivity index (χ4v) is 2.34.